The average Bonchev–Trinajstić information content (AvgIpc) is 2.92. The lowest BCUT2D eigenvalue weighted by Crippen LogP contribution is -2.56. The lowest BCUT2D eigenvalue weighted by atomic mass is 9.85. The van der Waals surface area contributed by atoms with E-state index in [1.54, 1.807) is 36.8 Å². The molecule has 1 saturated heterocycles. The number of carbonyl (C=O) groups is 2. The van der Waals surface area contributed by atoms with Crippen LogP contribution in [-0.2, 0) is 4.79 Å². The van der Waals surface area contributed by atoms with E-state index >= 15 is 0 Å². The van der Waals surface area contributed by atoms with Crippen molar-refractivity contribution in [2.24, 2.45) is 5.41 Å². The van der Waals surface area contributed by atoms with Crippen molar-refractivity contribution < 1.29 is 20.1 Å². The summed E-state index contributed by atoms with van der Waals surface area (Å²) in [4.78, 5) is 31.0. The molecule has 2 aromatic carbocycles. The van der Waals surface area contributed by atoms with E-state index in [1.165, 1.54) is 26.2 Å². The lowest BCUT2D eigenvalue weighted by Gasteiger charge is -2.41. The van der Waals surface area contributed by atoms with Crippen LogP contribution in [0.25, 0.3) is 22.3 Å². The van der Waals surface area contributed by atoms with Crippen LogP contribution >= 0.6 is 0 Å². The molecule has 39 heavy (non-hydrogen) atoms. The summed E-state index contributed by atoms with van der Waals surface area (Å²) in [5.74, 6) is -0.0387. The Labute approximate surface area is 230 Å². The first-order valence-corrected chi connectivity index (χ1v) is 12.9. The zero-order chi connectivity index (χ0) is 29.2. The monoisotopic (exact) mass is 534 g/mol. The van der Waals surface area contributed by atoms with Gasteiger partial charge >= 0.3 is 0 Å². The zero-order valence-electron chi connectivity index (χ0n) is 24.3. The summed E-state index contributed by atoms with van der Waals surface area (Å²) in [6, 6.07) is 11.7. The molecule has 4 rings (SSSR count). The number of hydrogen-bond acceptors (Lipinski definition) is 6. The molecule has 1 fully saturated rings. The number of benzene rings is 2. The molecule has 1 unspecified atom stereocenters. The van der Waals surface area contributed by atoms with Gasteiger partial charge in [-0.3, -0.25) is 9.59 Å². The maximum atomic E-state index is 14.9. The third-order valence-electron chi connectivity index (χ3n) is 6.87. The molecule has 0 bridgehead atoms. The predicted molar refractivity (Wildman–Crippen MR) is 153 cm³/mol. The minimum atomic E-state index is -0.602. The Bertz CT molecular complexity index is 1420. The van der Waals surface area contributed by atoms with Gasteiger partial charge in [-0.05, 0) is 52.9 Å². The van der Waals surface area contributed by atoms with Crippen LogP contribution in [0.5, 0.6) is 5.75 Å². The number of piperazine rings is 1. The standard InChI is InChI=1S/C30H36FN5O3/c1-18(37)35-25-8-7-19(15-24(25)31)22-13-21(29(38)32-5)14-23(28(22)39-6)20-9-10-34-27(16-20)36-12-11-33-26(17-36)30(2,3)4/h7-10,13-16,26,33H,11-12,17H2,1-6H3,(H,32,38)(H,35,37)/i/hD. The number of anilines is 2. The maximum absolute atomic E-state index is 14.9. The Morgan fingerprint density at radius 3 is 2.44 bits per heavy atom. The predicted octanol–water partition coefficient (Wildman–Crippen LogP) is 4.71. The molecule has 3 aromatic rings. The fourth-order valence-corrected chi connectivity index (χ4v) is 4.73. The summed E-state index contributed by atoms with van der Waals surface area (Å²) in [5.41, 5.74) is 2.82. The van der Waals surface area contributed by atoms with Crippen molar-refractivity contribution in [2.75, 3.05) is 44.0 Å². The Hall–Kier alpha value is -3.98. The number of aromatic nitrogens is 1. The van der Waals surface area contributed by atoms with Crippen molar-refractivity contribution in [3.05, 3.63) is 60.0 Å². The van der Waals surface area contributed by atoms with Crippen LogP contribution in [0, 0.1) is 11.2 Å². The minimum Gasteiger partial charge on any atom is -0.495 e. The highest BCUT2D eigenvalue weighted by Gasteiger charge is 2.30. The van der Waals surface area contributed by atoms with E-state index < -0.39 is 5.82 Å². The number of pyridine rings is 1. The summed E-state index contributed by atoms with van der Waals surface area (Å²) in [6.45, 7) is 9.62. The van der Waals surface area contributed by atoms with E-state index in [4.69, 9.17) is 6.15 Å². The summed E-state index contributed by atoms with van der Waals surface area (Å²) in [7, 11) is 3.09. The second kappa shape index (κ2) is 11.4. The first-order valence-electron chi connectivity index (χ1n) is 13.4. The molecule has 0 saturated carbocycles. The molecule has 1 aliphatic rings. The molecule has 9 heteroatoms. The molecule has 2 heterocycles. The number of nitrogens with zero attached hydrogens (tertiary/aromatic N) is 2. The Kier molecular flexibility index (Phi) is 7.79. The largest absolute Gasteiger partial charge is 0.495 e. The van der Waals surface area contributed by atoms with E-state index in [-0.39, 0.29) is 29.0 Å². The highest BCUT2D eigenvalue weighted by atomic mass is 19.1. The topological polar surface area (TPSA) is 95.6 Å². The van der Waals surface area contributed by atoms with E-state index in [0.29, 0.717) is 47.6 Å². The van der Waals surface area contributed by atoms with Crippen LogP contribution in [0.1, 0.15) is 38.1 Å². The number of hydrogen-bond donors (Lipinski definition) is 3. The SMILES string of the molecule is [2H]N1CCN(c2cc(-c3cc(C(=O)NC)cc(-c4ccc(NC(C)=O)c(F)c4)c3OC)ccn2)CC1C(C)(C)C. The van der Waals surface area contributed by atoms with E-state index in [9.17, 15) is 14.0 Å². The molecular weight excluding hydrogens is 497 g/mol. The van der Waals surface area contributed by atoms with Crippen LogP contribution in [-0.4, -0.2) is 56.6 Å². The van der Waals surface area contributed by atoms with E-state index in [2.05, 4.69) is 41.3 Å². The van der Waals surface area contributed by atoms with Gasteiger partial charge in [0.2, 0.25) is 5.91 Å². The van der Waals surface area contributed by atoms with Gasteiger partial charge in [-0.25, -0.2) is 9.37 Å². The first-order chi connectivity index (χ1) is 18.9. The normalized spacial score (nSPS) is 16.4. The third-order valence-corrected chi connectivity index (χ3v) is 6.87. The quantitative estimate of drug-likeness (QED) is 0.424. The minimum absolute atomic E-state index is 0.0276. The van der Waals surface area contributed by atoms with Crippen molar-refractivity contribution in [1.82, 2.24) is 15.6 Å². The lowest BCUT2D eigenvalue weighted by molar-refractivity contribution is -0.114. The zero-order valence-corrected chi connectivity index (χ0v) is 23.3. The number of rotatable bonds is 6. The molecule has 0 spiro atoms. The van der Waals surface area contributed by atoms with Crippen molar-refractivity contribution in [3.63, 3.8) is 0 Å². The molecule has 2 amide bonds. The van der Waals surface area contributed by atoms with Crippen molar-refractivity contribution in [3.8, 4) is 28.0 Å². The maximum Gasteiger partial charge on any atom is 0.251 e. The highest BCUT2D eigenvalue weighted by molar-refractivity contribution is 5.99. The molecule has 8 nitrogen and oxygen atoms in total. The van der Waals surface area contributed by atoms with Gasteiger partial charge in [0.15, 0.2) is 0 Å². The fourth-order valence-electron chi connectivity index (χ4n) is 4.73. The van der Waals surface area contributed by atoms with Gasteiger partial charge < -0.3 is 25.6 Å². The van der Waals surface area contributed by atoms with Gasteiger partial charge in [-0.2, -0.15) is 0 Å². The molecular formula is C30H36FN5O3. The first kappa shape index (κ1) is 26.6. The smallest absolute Gasteiger partial charge is 0.251 e. The average molecular weight is 535 g/mol. The molecule has 1 aliphatic heterocycles. The van der Waals surface area contributed by atoms with Gasteiger partial charge in [-0.1, -0.05) is 26.8 Å². The molecule has 1 aromatic heterocycles. The molecule has 3 N–H and O–H groups in total. The molecule has 1 atom stereocenters. The van der Waals surface area contributed by atoms with Crippen LogP contribution in [0.2, 0.25) is 1.41 Å². The summed E-state index contributed by atoms with van der Waals surface area (Å²) >= 11 is 0. The Balaban J connectivity index is 1.82. The Morgan fingerprint density at radius 1 is 1.15 bits per heavy atom. The molecule has 0 aliphatic carbocycles. The van der Waals surface area contributed by atoms with Crippen molar-refractivity contribution in [1.29, 1.82) is 0 Å². The van der Waals surface area contributed by atoms with Crippen molar-refractivity contribution >= 4 is 23.3 Å². The van der Waals surface area contributed by atoms with Crippen LogP contribution in [0.15, 0.2) is 48.7 Å². The van der Waals surface area contributed by atoms with Gasteiger partial charge in [0.25, 0.3) is 5.91 Å². The van der Waals surface area contributed by atoms with Gasteiger partial charge in [0.1, 0.15) is 18.8 Å². The van der Waals surface area contributed by atoms with E-state index in [0.717, 1.165) is 11.4 Å². The third kappa shape index (κ3) is 6.20. The number of methoxy groups -OCH3 is 1. The van der Waals surface area contributed by atoms with E-state index in [1.807, 2.05) is 12.1 Å². The molecule has 206 valence electrons. The van der Waals surface area contributed by atoms with Gasteiger partial charge in [-0.15, -0.1) is 0 Å². The summed E-state index contributed by atoms with van der Waals surface area (Å²) in [6.07, 6.45) is 1.72. The number of carbonyl (C=O) groups excluding carboxylic acids is 2. The summed E-state index contributed by atoms with van der Waals surface area (Å²) < 4.78 is 29.2. The van der Waals surface area contributed by atoms with Crippen LogP contribution in [0.4, 0.5) is 15.9 Å². The Morgan fingerprint density at radius 2 is 1.85 bits per heavy atom. The van der Waals surface area contributed by atoms with Crippen LogP contribution < -0.4 is 25.6 Å². The fraction of sp³-hybridized carbons (Fsp3) is 0.367. The second-order valence-electron chi connectivity index (χ2n) is 10.7. The second-order valence-corrected chi connectivity index (χ2v) is 10.7. The van der Waals surface area contributed by atoms with Gasteiger partial charge in [0.05, 0.1) is 12.8 Å². The number of nitrogens with one attached hydrogen (secondary N) is 3. The number of ether oxygens (including phenoxy) is 1. The van der Waals surface area contributed by atoms with Crippen LogP contribution in [0.3, 0.4) is 0 Å². The summed E-state index contributed by atoms with van der Waals surface area (Å²) in [5, 5.41) is 6.78. The number of amides is 2. The van der Waals surface area contributed by atoms with Crippen molar-refractivity contribution in [2.45, 2.75) is 33.7 Å². The highest BCUT2D eigenvalue weighted by Crippen LogP contribution is 2.41. The van der Waals surface area contributed by atoms with Gasteiger partial charge in [0, 0.05) is 62.5 Å². The molecule has 0 radical (unpaired) electrons. The number of halogens is 1.